The monoisotopic (exact) mass is 430 g/mol. The lowest BCUT2D eigenvalue weighted by molar-refractivity contribution is -0.140. The van der Waals surface area contributed by atoms with Gasteiger partial charge < -0.3 is 5.11 Å². The second-order valence-corrected chi connectivity index (χ2v) is 10.5. The molecule has 1 aliphatic rings. The molecule has 0 unspecified atom stereocenters. The van der Waals surface area contributed by atoms with Crippen LogP contribution in [0.1, 0.15) is 22.8 Å². The Labute approximate surface area is 169 Å². The van der Waals surface area contributed by atoms with Gasteiger partial charge in [-0.05, 0) is 36.2 Å². The molecular weight excluding hydrogens is 416 g/mol. The van der Waals surface area contributed by atoms with Crippen molar-refractivity contribution in [3.05, 3.63) is 65.0 Å². The molecule has 2 heterocycles. The lowest BCUT2D eigenvalue weighted by atomic mass is 10.1. The van der Waals surface area contributed by atoms with E-state index in [1.165, 1.54) is 17.4 Å². The fourth-order valence-electron chi connectivity index (χ4n) is 3.16. The number of thiophene rings is 2. The van der Waals surface area contributed by atoms with Gasteiger partial charge in [-0.15, -0.1) is 22.7 Å². The molecule has 2 N–H and O–H groups in total. The van der Waals surface area contributed by atoms with E-state index in [0.717, 1.165) is 21.8 Å². The minimum absolute atomic E-state index is 0.0498. The average Bonchev–Trinajstić information content (AvgIpc) is 3.05. The molecular formula is C19H14N2O4S3. The normalized spacial score (nSPS) is 21.2. The zero-order valence-corrected chi connectivity index (χ0v) is 16.8. The van der Waals surface area contributed by atoms with E-state index in [0.29, 0.717) is 9.75 Å². The summed E-state index contributed by atoms with van der Waals surface area (Å²) in [4.78, 5) is 13.9. The predicted octanol–water partition coefficient (Wildman–Crippen LogP) is 3.64. The van der Waals surface area contributed by atoms with E-state index in [1.807, 2.05) is 6.07 Å². The summed E-state index contributed by atoms with van der Waals surface area (Å²) in [6, 6.07) is 17.7. The zero-order valence-electron chi connectivity index (χ0n) is 14.3. The van der Waals surface area contributed by atoms with Gasteiger partial charge >= 0.3 is 5.97 Å². The second-order valence-electron chi connectivity index (χ2n) is 6.44. The van der Waals surface area contributed by atoms with Crippen molar-refractivity contribution in [2.24, 2.45) is 0 Å². The minimum Gasteiger partial charge on any atom is -0.480 e. The number of hydrogen-bond donors (Lipinski definition) is 2. The largest absolute Gasteiger partial charge is 0.480 e. The molecule has 2 atom stereocenters. The van der Waals surface area contributed by atoms with Crippen LogP contribution in [-0.2, 0) is 14.8 Å². The van der Waals surface area contributed by atoms with E-state index in [4.69, 9.17) is 5.26 Å². The summed E-state index contributed by atoms with van der Waals surface area (Å²) >= 11 is 2.33. The highest BCUT2D eigenvalue weighted by molar-refractivity contribution is 7.91. The molecule has 4 rings (SSSR count). The van der Waals surface area contributed by atoms with Gasteiger partial charge in [0.2, 0.25) is 0 Å². The maximum absolute atomic E-state index is 12.9. The van der Waals surface area contributed by atoms with Gasteiger partial charge in [-0.2, -0.15) is 9.98 Å². The molecule has 0 spiro atoms. The first-order valence-electron chi connectivity index (χ1n) is 8.28. The van der Waals surface area contributed by atoms with Crippen molar-refractivity contribution in [2.45, 2.75) is 22.1 Å². The molecule has 1 fully saturated rings. The van der Waals surface area contributed by atoms with Crippen LogP contribution in [0.5, 0.6) is 0 Å². The number of hydrogen-bond acceptors (Lipinski definition) is 6. The van der Waals surface area contributed by atoms with E-state index in [9.17, 15) is 18.3 Å². The number of benzene rings is 1. The van der Waals surface area contributed by atoms with Gasteiger partial charge in [-0.1, -0.05) is 30.3 Å². The Balaban J connectivity index is 1.60. The molecule has 2 aromatic heterocycles. The third-order valence-corrected chi connectivity index (χ3v) is 8.94. The molecule has 1 saturated carbocycles. The topological polar surface area (TPSA) is 107 Å². The summed E-state index contributed by atoms with van der Waals surface area (Å²) in [5, 5.41) is 18.6. The maximum Gasteiger partial charge on any atom is 0.325 e. The second kappa shape index (κ2) is 6.83. The number of nitrogens with one attached hydrogen (secondary N) is 1. The van der Waals surface area contributed by atoms with Crippen LogP contribution in [0, 0.1) is 11.3 Å². The summed E-state index contributed by atoms with van der Waals surface area (Å²) in [5.41, 5.74) is -0.733. The molecule has 3 aromatic rings. The maximum atomic E-state index is 12.9. The van der Waals surface area contributed by atoms with Gasteiger partial charge in [-0.25, -0.2) is 8.42 Å². The van der Waals surface area contributed by atoms with Crippen molar-refractivity contribution >= 4 is 38.7 Å². The van der Waals surface area contributed by atoms with Crippen LogP contribution in [-0.4, -0.2) is 25.0 Å². The van der Waals surface area contributed by atoms with Crippen molar-refractivity contribution in [3.63, 3.8) is 0 Å². The fraction of sp³-hybridized carbons (Fsp3) is 0.158. The summed E-state index contributed by atoms with van der Waals surface area (Å²) in [6.07, 6.45) is 0.209. The SMILES string of the molecule is N#Cc1ccc(-c2ccc(S(=O)(=O)N[C@@]3(C(=O)O)C[C@H]3c3ccccc3)s2)s1. The van der Waals surface area contributed by atoms with Crippen LogP contribution in [0.25, 0.3) is 9.75 Å². The van der Waals surface area contributed by atoms with E-state index in [-0.39, 0.29) is 10.6 Å². The third kappa shape index (κ3) is 3.25. The van der Waals surface area contributed by atoms with Crippen molar-refractivity contribution < 1.29 is 18.3 Å². The predicted molar refractivity (Wildman–Crippen MR) is 107 cm³/mol. The first-order valence-corrected chi connectivity index (χ1v) is 11.4. The number of carboxylic acid groups (broad SMARTS) is 1. The molecule has 0 aliphatic heterocycles. The quantitative estimate of drug-likeness (QED) is 0.621. The van der Waals surface area contributed by atoms with Crippen molar-refractivity contribution in [1.29, 1.82) is 5.26 Å². The highest BCUT2D eigenvalue weighted by atomic mass is 32.2. The summed E-state index contributed by atoms with van der Waals surface area (Å²) in [6.45, 7) is 0. The van der Waals surface area contributed by atoms with Gasteiger partial charge in [0.1, 0.15) is 20.7 Å². The van der Waals surface area contributed by atoms with Crippen LogP contribution in [0.15, 0.2) is 58.8 Å². The molecule has 0 amide bonds. The number of aliphatic carboxylic acids is 1. The molecule has 1 aliphatic carbocycles. The molecule has 1 aromatic carbocycles. The van der Waals surface area contributed by atoms with E-state index in [1.54, 1.807) is 42.5 Å². The van der Waals surface area contributed by atoms with Gasteiger partial charge in [0.15, 0.2) is 0 Å². The van der Waals surface area contributed by atoms with Crippen molar-refractivity contribution in [2.75, 3.05) is 0 Å². The number of carboxylic acids is 1. The molecule has 6 nitrogen and oxygen atoms in total. The molecule has 0 bridgehead atoms. The zero-order chi connectivity index (χ0) is 19.9. The highest BCUT2D eigenvalue weighted by Crippen LogP contribution is 2.52. The smallest absolute Gasteiger partial charge is 0.325 e. The molecule has 0 saturated heterocycles. The Morgan fingerprint density at radius 1 is 1.11 bits per heavy atom. The molecule has 9 heteroatoms. The Bertz CT molecular complexity index is 1190. The Hall–Kier alpha value is -2.51. The number of sulfonamides is 1. The minimum atomic E-state index is -4.00. The number of rotatable bonds is 6. The van der Waals surface area contributed by atoms with Gasteiger partial charge in [0.05, 0.1) is 0 Å². The van der Waals surface area contributed by atoms with Gasteiger partial charge in [0, 0.05) is 15.7 Å². The van der Waals surface area contributed by atoms with Crippen LogP contribution >= 0.6 is 22.7 Å². The van der Waals surface area contributed by atoms with Crippen LogP contribution in [0.4, 0.5) is 0 Å². The van der Waals surface area contributed by atoms with Gasteiger partial charge in [0.25, 0.3) is 10.0 Å². The molecule has 28 heavy (non-hydrogen) atoms. The van der Waals surface area contributed by atoms with Crippen molar-refractivity contribution in [3.8, 4) is 15.8 Å². The summed E-state index contributed by atoms with van der Waals surface area (Å²) < 4.78 is 28.2. The third-order valence-electron chi connectivity index (χ3n) is 4.67. The number of nitriles is 1. The van der Waals surface area contributed by atoms with Crippen LogP contribution in [0.3, 0.4) is 0 Å². The van der Waals surface area contributed by atoms with Crippen LogP contribution in [0.2, 0.25) is 0 Å². The summed E-state index contributed by atoms with van der Waals surface area (Å²) in [7, 11) is -4.00. The average molecular weight is 431 g/mol. The number of carbonyl (C=O) groups is 1. The van der Waals surface area contributed by atoms with E-state index in [2.05, 4.69) is 10.8 Å². The lowest BCUT2D eigenvalue weighted by Gasteiger charge is -2.14. The Morgan fingerprint density at radius 2 is 1.79 bits per heavy atom. The summed E-state index contributed by atoms with van der Waals surface area (Å²) in [5.74, 6) is -1.59. The van der Waals surface area contributed by atoms with E-state index < -0.39 is 27.4 Å². The highest BCUT2D eigenvalue weighted by Gasteiger charge is 2.63. The first kappa shape index (κ1) is 18.8. The Morgan fingerprint density at radius 3 is 2.43 bits per heavy atom. The lowest BCUT2D eigenvalue weighted by Crippen LogP contribution is -2.44. The van der Waals surface area contributed by atoms with Gasteiger partial charge in [-0.3, -0.25) is 4.79 Å². The number of nitrogens with zero attached hydrogens (tertiary/aromatic N) is 1. The first-order chi connectivity index (χ1) is 13.4. The standard InChI is InChI=1S/C19H14N2O4S3/c20-11-13-6-7-15(26-13)16-8-9-17(27-16)28(24,25)21-19(18(22)23)10-14(19)12-4-2-1-3-5-12/h1-9,14,21H,10H2,(H,22,23)/t14-,19-/m0/s1. The molecule has 0 radical (unpaired) electrons. The Kier molecular flexibility index (Phi) is 4.59. The van der Waals surface area contributed by atoms with Crippen molar-refractivity contribution in [1.82, 2.24) is 4.72 Å². The fourth-order valence-corrected chi connectivity index (χ4v) is 6.77. The van der Waals surface area contributed by atoms with Crippen LogP contribution < -0.4 is 4.72 Å². The molecule has 142 valence electrons. The van der Waals surface area contributed by atoms with E-state index >= 15 is 0 Å².